The molecular formula is C16H20N4O. The van der Waals surface area contributed by atoms with Gasteiger partial charge in [-0.1, -0.05) is 0 Å². The molecule has 0 radical (unpaired) electrons. The number of fused-ring (bicyclic) bond motifs is 3. The van der Waals surface area contributed by atoms with Crippen LogP contribution in [0.2, 0.25) is 0 Å². The van der Waals surface area contributed by atoms with Gasteiger partial charge < -0.3 is 10.0 Å². The molecule has 2 aromatic heterocycles. The number of pyridine rings is 1. The summed E-state index contributed by atoms with van der Waals surface area (Å²) in [5.41, 5.74) is 0.768. The first-order valence-corrected chi connectivity index (χ1v) is 7.78. The van der Waals surface area contributed by atoms with Crippen molar-refractivity contribution < 1.29 is 5.11 Å². The van der Waals surface area contributed by atoms with Gasteiger partial charge in [-0.05, 0) is 51.2 Å². The van der Waals surface area contributed by atoms with Gasteiger partial charge in [-0.15, -0.1) is 0 Å². The fraction of sp³-hybridized carbons (Fsp3) is 0.562. The minimum Gasteiger partial charge on any atom is -0.393 e. The number of hydrogen-bond acceptors (Lipinski definition) is 5. The Kier molecular flexibility index (Phi) is 3.03. The topological polar surface area (TPSA) is 62.1 Å². The fourth-order valence-electron chi connectivity index (χ4n) is 3.95. The molecule has 0 aromatic carbocycles. The maximum atomic E-state index is 10.1. The van der Waals surface area contributed by atoms with Gasteiger partial charge in [0.05, 0.1) is 11.5 Å². The van der Waals surface area contributed by atoms with Gasteiger partial charge in [0.1, 0.15) is 11.6 Å². The SMILES string of the molecule is Cc1nc(N2[C@@H]3CCC[C@H]2CC(O)C3)c2cccnc2n1. The average Bonchev–Trinajstić information content (AvgIpc) is 2.45. The summed E-state index contributed by atoms with van der Waals surface area (Å²) in [5.74, 6) is 1.77. The lowest BCUT2D eigenvalue weighted by Crippen LogP contribution is -2.54. The minimum absolute atomic E-state index is 0.163. The number of nitrogens with zero attached hydrogens (tertiary/aromatic N) is 4. The zero-order valence-corrected chi connectivity index (χ0v) is 12.2. The Morgan fingerprint density at radius 3 is 2.71 bits per heavy atom. The van der Waals surface area contributed by atoms with E-state index in [1.54, 1.807) is 6.20 Å². The molecule has 0 amide bonds. The Morgan fingerprint density at radius 1 is 1.19 bits per heavy atom. The van der Waals surface area contributed by atoms with Crippen LogP contribution in [0.15, 0.2) is 18.3 Å². The number of aliphatic hydroxyl groups excluding tert-OH is 1. The van der Waals surface area contributed by atoms with Crippen molar-refractivity contribution in [3.63, 3.8) is 0 Å². The van der Waals surface area contributed by atoms with Gasteiger partial charge in [0.15, 0.2) is 5.65 Å². The second-order valence-corrected chi connectivity index (χ2v) is 6.24. The third-order valence-corrected chi connectivity index (χ3v) is 4.76. The van der Waals surface area contributed by atoms with Gasteiger partial charge in [-0.2, -0.15) is 0 Å². The quantitative estimate of drug-likeness (QED) is 0.870. The molecule has 0 aliphatic carbocycles. The Bertz CT molecular complexity index is 660. The van der Waals surface area contributed by atoms with E-state index < -0.39 is 0 Å². The molecule has 2 saturated heterocycles. The predicted octanol–water partition coefficient (Wildman–Crippen LogP) is 2.22. The lowest BCUT2D eigenvalue weighted by molar-refractivity contribution is 0.0925. The number of anilines is 1. The van der Waals surface area contributed by atoms with Crippen LogP contribution in [0.3, 0.4) is 0 Å². The summed E-state index contributed by atoms with van der Waals surface area (Å²) < 4.78 is 0. The Balaban J connectivity index is 1.86. The standard InChI is InChI=1S/C16H20N4O/c1-10-18-15-14(6-3-7-17-15)16(19-10)20-11-4-2-5-12(20)9-13(21)8-11/h3,6-7,11-13,21H,2,4-5,8-9H2,1H3/t11-,12+,13?. The molecule has 21 heavy (non-hydrogen) atoms. The van der Waals surface area contributed by atoms with E-state index in [4.69, 9.17) is 4.98 Å². The Labute approximate surface area is 124 Å². The summed E-state index contributed by atoms with van der Waals surface area (Å²) in [6.07, 6.45) is 6.83. The molecule has 5 heteroatoms. The van der Waals surface area contributed by atoms with Crippen molar-refractivity contribution in [1.29, 1.82) is 0 Å². The second-order valence-electron chi connectivity index (χ2n) is 6.24. The smallest absolute Gasteiger partial charge is 0.164 e. The van der Waals surface area contributed by atoms with E-state index in [0.29, 0.717) is 12.1 Å². The van der Waals surface area contributed by atoms with Crippen LogP contribution >= 0.6 is 0 Å². The van der Waals surface area contributed by atoms with Crippen molar-refractivity contribution in [2.45, 2.75) is 57.2 Å². The molecule has 1 unspecified atom stereocenters. The van der Waals surface area contributed by atoms with Crippen molar-refractivity contribution in [3.05, 3.63) is 24.2 Å². The molecule has 0 saturated carbocycles. The zero-order valence-electron chi connectivity index (χ0n) is 12.2. The minimum atomic E-state index is -0.163. The van der Waals surface area contributed by atoms with E-state index in [1.165, 1.54) is 6.42 Å². The number of aryl methyl sites for hydroxylation is 1. The van der Waals surface area contributed by atoms with Crippen LogP contribution in [-0.2, 0) is 0 Å². The van der Waals surface area contributed by atoms with E-state index in [-0.39, 0.29) is 6.10 Å². The zero-order chi connectivity index (χ0) is 14.4. The number of hydrogen-bond donors (Lipinski definition) is 1. The van der Waals surface area contributed by atoms with Crippen LogP contribution in [0.1, 0.15) is 37.9 Å². The van der Waals surface area contributed by atoms with E-state index in [0.717, 1.165) is 48.4 Å². The summed E-state index contributed by atoms with van der Waals surface area (Å²) in [6, 6.07) is 4.78. The van der Waals surface area contributed by atoms with Crippen LogP contribution in [0.5, 0.6) is 0 Å². The number of aromatic nitrogens is 3. The largest absolute Gasteiger partial charge is 0.393 e. The summed E-state index contributed by atoms with van der Waals surface area (Å²) in [4.78, 5) is 16.0. The molecule has 0 spiro atoms. The van der Waals surface area contributed by atoms with Crippen molar-refractivity contribution in [1.82, 2.24) is 15.0 Å². The van der Waals surface area contributed by atoms with Crippen molar-refractivity contribution in [2.75, 3.05) is 4.90 Å². The van der Waals surface area contributed by atoms with Crippen molar-refractivity contribution >= 4 is 16.9 Å². The van der Waals surface area contributed by atoms with Crippen LogP contribution in [0.25, 0.3) is 11.0 Å². The molecule has 2 fully saturated rings. The summed E-state index contributed by atoms with van der Waals surface area (Å²) in [5, 5.41) is 11.1. The van der Waals surface area contributed by atoms with Gasteiger partial charge in [0.25, 0.3) is 0 Å². The molecule has 2 aliphatic heterocycles. The molecule has 2 aromatic rings. The highest BCUT2D eigenvalue weighted by molar-refractivity contribution is 5.87. The third-order valence-electron chi connectivity index (χ3n) is 4.76. The summed E-state index contributed by atoms with van der Waals surface area (Å²) in [7, 11) is 0. The molecule has 2 bridgehead atoms. The summed E-state index contributed by atoms with van der Waals surface area (Å²) in [6.45, 7) is 1.92. The first kappa shape index (κ1) is 13.0. The molecular weight excluding hydrogens is 264 g/mol. The van der Waals surface area contributed by atoms with Crippen molar-refractivity contribution in [3.8, 4) is 0 Å². The van der Waals surface area contributed by atoms with Gasteiger partial charge in [-0.3, -0.25) is 0 Å². The Morgan fingerprint density at radius 2 is 1.95 bits per heavy atom. The molecule has 110 valence electrons. The van der Waals surface area contributed by atoms with Crippen LogP contribution in [0, 0.1) is 6.92 Å². The third kappa shape index (κ3) is 2.16. The van der Waals surface area contributed by atoms with Crippen molar-refractivity contribution in [2.24, 2.45) is 0 Å². The predicted molar refractivity (Wildman–Crippen MR) is 81.2 cm³/mol. The van der Waals surface area contributed by atoms with E-state index in [9.17, 15) is 5.11 Å². The average molecular weight is 284 g/mol. The molecule has 5 nitrogen and oxygen atoms in total. The normalized spacial score (nSPS) is 28.9. The van der Waals surface area contributed by atoms with Gasteiger partial charge in [0, 0.05) is 18.3 Å². The highest BCUT2D eigenvalue weighted by Gasteiger charge is 2.39. The van der Waals surface area contributed by atoms with Gasteiger partial charge in [0.2, 0.25) is 0 Å². The highest BCUT2D eigenvalue weighted by Crippen LogP contribution is 2.39. The second kappa shape index (κ2) is 4.91. The summed E-state index contributed by atoms with van der Waals surface area (Å²) >= 11 is 0. The van der Waals surface area contributed by atoms with E-state index >= 15 is 0 Å². The maximum absolute atomic E-state index is 10.1. The first-order chi connectivity index (χ1) is 10.2. The first-order valence-electron chi connectivity index (χ1n) is 7.78. The highest BCUT2D eigenvalue weighted by atomic mass is 16.3. The van der Waals surface area contributed by atoms with E-state index in [1.807, 2.05) is 13.0 Å². The van der Waals surface area contributed by atoms with E-state index in [2.05, 4.69) is 20.9 Å². The number of piperidine rings is 2. The fourth-order valence-corrected chi connectivity index (χ4v) is 3.95. The molecule has 2 aliphatic rings. The van der Waals surface area contributed by atoms with Gasteiger partial charge >= 0.3 is 0 Å². The van der Waals surface area contributed by atoms with Crippen LogP contribution < -0.4 is 4.90 Å². The molecule has 3 atom stereocenters. The van der Waals surface area contributed by atoms with Crippen LogP contribution in [-0.4, -0.2) is 38.2 Å². The molecule has 1 N–H and O–H groups in total. The lowest BCUT2D eigenvalue weighted by atomic mass is 9.83. The van der Waals surface area contributed by atoms with Gasteiger partial charge in [-0.25, -0.2) is 15.0 Å². The number of rotatable bonds is 1. The monoisotopic (exact) mass is 284 g/mol. The number of aliphatic hydroxyl groups is 1. The lowest BCUT2D eigenvalue weighted by Gasteiger charge is -2.48. The molecule has 4 heterocycles. The maximum Gasteiger partial charge on any atom is 0.164 e. The Hall–Kier alpha value is -1.75. The molecule has 4 rings (SSSR count). The van der Waals surface area contributed by atoms with Crippen LogP contribution in [0.4, 0.5) is 5.82 Å².